The van der Waals surface area contributed by atoms with E-state index < -0.39 is 47.2 Å². The van der Waals surface area contributed by atoms with Crippen LogP contribution in [-0.2, 0) is 36.7 Å². The molecule has 0 saturated carbocycles. The van der Waals surface area contributed by atoms with Gasteiger partial charge in [0.15, 0.2) is 0 Å². The van der Waals surface area contributed by atoms with Gasteiger partial charge in [-0.15, -0.1) is 0 Å². The van der Waals surface area contributed by atoms with Gasteiger partial charge in [-0.05, 0) is 18.6 Å². The summed E-state index contributed by atoms with van der Waals surface area (Å²) < 4.78 is 73.8. The molecule has 0 unspecified atom stereocenters. The number of aromatic nitrogens is 1. The van der Waals surface area contributed by atoms with Crippen LogP contribution in [0.2, 0.25) is 0 Å². The van der Waals surface area contributed by atoms with Crippen LogP contribution in [0.5, 0.6) is 0 Å². The van der Waals surface area contributed by atoms with Gasteiger partial charge in [-0.3, -0.25) is 9.52 Å². The average Bonchev–Trinajstić information content (AvgIpc) is 2.77. The summed E-state index contributed by atoms with van der Waals surface area (Å²) in [7, 11) is -3.95. The first-order chi connectivity index (χ1) is 17.4. The number of rotatable bonds is 10. The lowest BCUT2D eigenvalue weighted by atomic mass is 9.98. The summed E-state index contributed by atoms with van der Waals surface area (Å²) in [5.74, 6) is -2.71. The van der Waals surface area contributed by atoms with Crippen molar-refractivity contribution in [3.8, 4) is 6.07 Å². The number of pyridine rings is 1. The van der Waals surface area contributed by atoms with Crippen molar-refractivity contribution in [2.75, 3.05) is 31.2 Å². The van der Waals surface area contributed by atoms with Crippen molar-refractivity contribution in [1.82, 2.24) is 9.71 Å². The average molecular weight is 541 g/mol. The molecule has 198 valence electrons. The predicted molar refractivity (Wildman–Crippen MR) is 124 cm³/mol. The standard InChI is InChI=1S/C23H23F3N4O6S/c1-2-36-22(32)18-8-16(9-27)20(28-19(18)12-35-14-23(24,25)26)30-10-17(11-30)21(31)29-37(33,34)13-15-6-4-3-5-7-15/h3-8,17H,2,10-14H2,1H3,(H,29,31). The number of alkyl halides is 3. The number of hydrogen-bond acceptors (Lipinski definition) is 9. The summed E-state index contributed by atoms with van der Waals surface area (Å²) in [6.07, 6.45) is -4.60. The van der Waals surface area contributed by atoms with Gasteiger partial charge in [-0.1, -0.05) is 30.3 Å². The second kappa shape index (κ2) is 11.6. The molecule has 0 radical (unpaired) electrons. The zero-order valence-corrected chi connectivity index (χ0v) is 20.4. The van der Waals surface area contributed by atoms with E-state index in [-0.39, 0.29) is 48.1 Å². The van der Waals surface area contributed by atoms with E-state index in [4.69, 9.17) is 4.74 Å². The third-order valence-electron chi connectivity index (χ3n) is 5.21. The van der Waals surface area contributed by atoms with Gasteiger partial charge in [-0.2, -0.15) is 18.4 Å². The molecule has 0 aliphatic carbocycles. The molecule has 1 aliphatic rings. The van der Waals surface area contributed by atoms with Crippen molar-refractivity contribution in [3.63, 3.8) is 0 Å². The number of halogens is 3. The van der Waals surface area contributed by atoms with Crippen LogP contribution in [0, 0.1) is 17.2 Å². The number of hydrogen-bond donors (Lipinski definition) is 1. The molecule has 1 aromatic heterocycles. The van der Waals surface area contributed by atoms with Crippen molar-refractivity contribution in [3.05, 3.63) is 58.8 Å². The van der Waals surface area contributed by atoms with Crippen molar-refractivity contribution >= 4 is 27.7 Å². The number of carbonyl (C=O) groups excluding carboxylic acids is 2. The maximum absolute atomic E-state index is 12.5. The molecular formula is C23H23F3N4O6S. The number of amides is 1. The Bertz CT molecular complexity index is 1290. The van der Waals surface area contributed by atoms with E-state index in [0.717, 1.165) is 6.07 Å². The molecule has 0 atom stereocenters. The number of sulfonamides is 1. The van der Waals surface area contributed by atoms with E-state index in [1.165, 1.54) is 11.8 Å². The lowest BCUT2D eigenvalue weighted by molar-refractivity contribution is -0.176. The minimum Gasteiger partial charge on any atom is -0.462 e. The van der Waals surface area contributed by atoms with Gasteiger partial charge in [0.1, 0.15) is 18.5 Å². The number of nitrogens with one attached hydrogen (secondary N) is 1. The molecule has 0 bridgehead atoms. The molecule has 1 saturated heterocycles. The fraction of sp³-hybridized carbons (Fsp3) is 0.391. The highest BCUT2D eigenvalue weighted by Gasteiger charge is 2.37. The second-order valence-corrected chi connectivity index (χ2v) is 9.83. The SMILES string of the molecule is CCOC(=O)c1cc(C#N)c(N2CC(C(=O)NS(=O)(=O)Cc3ccccc3)C2)nc1COCC(F)(F)F. The Morgan fingerprint density at radius 3 is 2.51 bits per heavy atom. The minimum atomic E-state index is -4.60. The normalized spacial score (nSPS) is 14.0. The van der Waals surface area contributed by atoms with Crippen molar-refractivity contribution < 1.29 is 40.7 Å². The van der Waals surface area contributed by atoms with Gasteiger partial charge in [0.05, 0.1) is 41.7 Å². The first kappa shape index (κ1) is 27.9. The highest BCUT2D eigenvalue weighted by atomic mass is 32.2. The first-order valence-corrected chi connectivity index (χ1v) is 12.7. The molecule has 0 spiro atoms. The van der Waals surface area contributed by atoms with Gasteiger partial charge in [0, 0.05) is 13.1 Å². The third-order valence-corrected chi connectivity index (χ3v) is 6.43. The van der Waals surface area contributed by atoms with E-state index in [2.05, 4.69) is 9.72 Å². The smallest absolute Gasteiger partial charge is 0.411 e. The molecule has 3 rings (SSSR count). The largest absolute Gasteiger partial charge is 0.462 e. The highest BCUT2D eigenvalue weighted by molar-refractivity contribution is 7.89. The predicted octanol–water partition coefficient (Wildman–Crippen LogP) is 2.29. The van der Waals surface area contributed by atoms with E-state index in [1.54, 1.807) is 30.3 Å². The third kappa shape index (κ3) is 7.64. The minimum absolute atomic E-state index is 0.00400. The number of benzene rings is 1. The van der Waals surface area contributed by atoms with Crippen molar-refractivity contribution in [2.24, 2.45) is 5.92 Å². The summed E-state index contributed by atoms with van der Waals surface area (Å²) in [5, 5.41) is 9.56. The Morgan fingerprint density at radius 1 is 1.24 bits per heavy atom. The Labute approximate surface area is 211 Å². The molecule has 10 nitrogen and oxygen atoms in total. The number of esters is 1. The van der Waals surface area contributed by atoms with Crippen LogP contribution < -0.4 is 9.62 Å². The number of nitrogens with zero attached hydrogens (tertiary/aromatic N) is 3. The molecule has 1 fully saturated rings. The molecule has 2 aromatic rings. The van der Waals surface area contributed by atoms with E-state index in [1.807, 2.05) is 10.8 Å². The maximum Gasteiger partial charge on any atom is 0.411 e. The van der Waals surface area contributed by atoms with E-state index >= 15 is 0 Å². The topological polar surface area (TPSA) is 139 Å². The first-order valence-electron chi connectivity index (χ1n) is 11.0. The van der Waals surface area contributed by atoms with Crippen molar-refractivity contribution in [1.29, 1.82) is 5.26 Å². The Balaban J connectivity index is 1.73. The van der Waals surface area contributed by atoms with Crippen LogP contribution in [0.1, 0.15) is 34.1 Å². The van der Waals surface area contributed by atoms with Gasteiger partial charge in [0.25, 0.3) is 0 Å². The molecule has 1 amide bonds. The lowest BCUT2D eigenvalue weighted by Crippen LogP contribution is -2.55. The molecule has 2 heterocycles. The van der Waals surface area contributed by atoms with Gasteiger partial charge in [-0.25, -0.2) is 18.2 Å². The lowest BCUT2D eigenvalue weighted by Gasteiger charge is -2.39. The van der Waals surface area contributed by atoms with Crippen LogP contribution in [0.15, 0.2) is 36.4 Å². The van der Waals surface area contributed by atoms with Crippen LogP contribution in [0.3, 0.4) is 0 Å². The van der Waals surface area contributed by atoms with Gasteiger partial charge < -0.3 is 14.4 Å². The fourth-order valence-electron chi connectivity index (χ4n) is 3.51. The van der Waals surface area contributed by atoms with Crippen LogP contribution in [0.25, 0.3) is 0 Å². The van der Waals surface area contributed by atoms with Gasteiger partial charge in [0.2, 0.25) is 15.9 Å². The molecule has 14 heteroatoms. The Hall–Kier alpha value is -3.70. The Morgan fingerprint density at radius 2 is 1.92 bits per heavy atom. The van der Waals surface area contributed by atoms with Crippen molar-refractivity contribution in [2.45, 2.75) is 25.5 Å². The fourth-order valence-corrected chi connectivity index (χ4v) is 4.68. The molecule has 37 heavy (non-hydrogen) atoms. The number of nitriles is 1. The molecule has 1 aliphatic heterocycles. The van der Waals surface area contributed by atoms with Gasteiger partial charge >= 0.3 is 12.1 Å². The quantitative estimate of drug-likeness (QED) is 0.450. The zero-order valence-electron chi connectivity index (χ0n) is 19.6. The van der Waals surface area contributed by atoms with Crippen LogP contribution in [0.4, 0.5) is 19.0 Å². The monoisotopic (exact) mass is 540 g/mol. The van der Waals surface area contributed by atoms with E-state index in [0.29, 0.717) is 5.56 Å². The highest BCUT2D eigenvalue weighted by Crippen LogP contribution is 2.29. The number of carbonyl (C=O) groups is 2. The summed E-state index contributed by atoms with van der Waals surface area (Å²) in [6, 6.07) is 11.3. The van der Waals surface area contributed by atoms with Crippen LogP contribution >= 0.6 is 0 Å². The van der Waals surface area contributed by atoms with Crippen LogP contribution in [-0.4, -0.2) is 57.8 Å². The summed E-state index contributed by atoms with van der Waals surface area (Å²) in [4.78, 5) is 30.4. The second-order valence-electron chi connectivity index (χ2n) is 8.11. The summed E-state index contributed by atoms with van der Waals surface area (Å²) in [6.45, 7) is -0.735. The maximum atomic E-state index is 12.5. The zero-order chi connectivity index (χ0) is 27.2. The summed E-state index contributed by atoms with van der Waals surface area (Å²) in [5.41, 5.74) is 0.0437. The molecule has 1 aromatic carbocycles. The Kier molecular flexibility index (Phi) is 8.72. The number of ether oxygens (including phenoxy) is 2. The number of anilines is 1. The molecule has 1 N–H and O–H groups in total. The summed E-state index contributed by atoms with van der Waals surface area (Å²) >= 11 is 0. The molecular weight excluding hydrogens is 517 g/mol. The van der Waals surface area contributed by atoms with E-state index in [9.17, 15) is 36.4 Å².